The maximum atomic E-state index is 12.0. The molecule has 1 aromatic carbocycles. The molecule has 2 rings (SSSR count). The molecule has 0 spiro atoms. The van der Waals surface area contributed by atoms with E-state index in [1.54, 1.807) is 12.1 Å². The first-order valence-electron chi connectivity index (χ1n) is 7.36. The van der Waals surface area contributed by atoms with E-state index in [2.05, 4.69) is 5.32 Å². The van der Waals surface area contributed by atoms with E-state index in [1.165, 1.54) is 45.3 Å². The van der Waals surface area contributed by atoms with Crippen molar-refractivity contribution in [3.05, 3.63) is 23.8 Å². The van der Waals surface area contributed by atoms with Gasteiger partial charge in [0.2, 0.25) is 0 Å². The molecule has 1 aliphatic rings. The van der Waals surface area contributed by atoms with Crippen LogP contribution in [-0.4, -0.2) is 24.7 Å². The number of phenols is 1. The summed E-state index contributed by atoms with van der Waals surface area (Å²) >= 11 is 0. The van der Waals surface area contributed by atoms with Gasteiger partial charge in [0.15, 0.2) is 11.5 Å². The number of phenolic OH excluding ortho intramolecular Hbond substituents is 1. The quantitative estimate of drug-likeness (QED) is 0.869. The number of ether oxygens (including phenoxy) is 1. The number of benzene rings is 1. The van der Waals surface area contributed by atoms with Crippen LogP contribution in [0.2, 0.25) is 0 Å². The summed E-state index contributed by atoms with van der Waals surface area (Å²) in [6, 6.07) is 4.70. The maximum absolute atomic E-state index is 12.0. The third kappa shape index (κ3) is 3.89. The predicted octanol–water partition coefficient (Wildman–Crippen LogP) is 3.10. The molecule has 1 aliphatic carbocycles. The fraction of sp³-hybridized carbons (Fsp3) is 0.562. The van der Waals surface area contributed by atoms with Gasteiger partial charge in [0, 0.05) is 12.1 Å². The van der Waals surface area contributed by atoms with Gasteiger partial charge in [-0.2, -0.15) is 0 Å². The summed E-state index contributed by atoms with van der Waals surface area (Å²) in [5.74, 6) is 0.989. The van der Waals surface area contributed by atoms with Crippen LogP contribution in [0, 0.1) is 5.92 Å². The minimum atomic E-state index is -0.140. The first kappa shape index (κ1) is 14.7. The Balaban J connectivity index is 1.80. The van der Waals surface area contributed by atoms with E-state index in [-0.39, 0.29) is 11.7 Å². The number of aromatic hydroxyl groups is 1. The smallest absolute Gasteiger partial charge is 0.251 e. The summed E-state index contributed by atoms with van der Waals surface area (Å²) in [5, 5.41) is 12.6. The summed E-state index contributed by atoms with van der Waals surface area (Å²) < 4.78 is 4.96. The topological polar surface area (TPSA) is 58.6 Å². The van der Waals surface area contributed by atoms with Crippen molar-refractivity contribution in [2.24, 2.45) is 5.92 Å². The molecule has 1 amide bonds. The lowest BCUT2D eigenvalue weighted by atomic mass is 9.87. The molecular weight excluding hydrogens is 254 g/mol. The van der Waals surface area contributed by atoms with Gasteiger partial charge in [-0.15, -0.1) is 0 Å². The highest BCUT2D eigenvalue weighted by Crippen LogP contribution is 2.27. The maximum Gasteiger partial charge on any atom is 0.251 e. The number of carbonyl (C=O) groups is 1. The molecule has 0 unspecified atom stereocenters. The van der Waals surface area contributed by atoms with Crippen molar-refractivity contribution in [1.29, 1.82) is 0 Å². The van der Waals surface area contributed by atoms with Gasteiger partial charge in [0.1, 0.15) is 0 Å². The zero-order valence-corrected chi connectivity index (χ0v) is 12.0. The molecule has 0 radical (unpaired) electrons. The number of methoxy groups -OCH3 is 1. The molecule has 0 aliphatic heterocycles. The fourth-order valence-electron chi connectivity index (χ4n) is 2.80. The lowest BCUT2D eigenvalue weighted by Gasteiger charge is -2.21. The summed E-state index contributed by atoms with van der Waals surface area (Å²) in [6.07, 6.45) is 7.64. The molecule has 110 valence electrons. The molecule has 0 aromatic heterocycles. The van der Waals surface area contributed by atoms with Gasteiger partial charge in [0.05, 0.1) is 7.11 Å². The van der Waals surface area contributed by atoms with Crippen molar-refractivity contribution in [3.63, 3.8) is 0 Å². The second-order valence-electron chi connectivity index (χ2n) is 5.44. The second kappa shape index (κ2) is 7.17. The lowest BCUT2D eigenvalue weighted by molar-refractivity contribution is 0.0950. The Morgan fingerprint density at radius 2 is 2.10 bits per heavy atom. The van der Waals surface area contributed by atoms with Crippen LogP contribution < -0.4 is 10.1 Å². The first-order chi connectivity index (χ1) is 9.70. The van der Waals surface area contributed by atoms with Gasteiger partial charge in [0.25, 0.3) is 5.91 Å². The number of amides is 1. The van der Waals surface area contributed by atoms with Crippen molar-refractivity contribution in [2.45, 2.75) is 38.5 Å². The summed E-state index contributed by atoms with van der Waals surface area (Å²) in [4.78, 5) is 12.0. The van der Waals surface area contributed by atoms with Crippen LogP contribution in [0.5, 0.6) is 11.5 Å². The zero-order chi connectivity index (χ0) is 14.4. The second-order valence-corrected chi connectivity index (χ2v) is 5.44. The number of carbonyl (C=O) groups excluding carboxylic acids is 1. The Morgan fingerprint density at radius 1 is 1.35 bits per heavy atom. The SMILES string of the molecule is COc1ccc(C(=O)NCCC2CCCCC2)cc1O. The van der Waals surface area contributed by atoms with E-state index < -0.39 is 0 Å². The minimum Gasteiger partial charge on any atom is -0.504 e. The predicted molar refractivity (Wildman–Crippen MR) is 78.2 cm³/mol. The lowest BCUT2D eigenvalue weighted by Crippen LogP contribution is -2.26. The molecule has 1 saturated carbocycles. The largest absolute Gasteiger partial charge is 0.504 e. The molecule has 1 aromatic rings. The Kier molecular flexibility index (Phi) is 5.27. The van der Waals surface area contributed by atoms with E-state index in [0.29, 0.717) is 17.9 Å². The average molecular weight is 277 g/mol. The standard InChI is InChI=1S/C16H23NO3/c1-20-15-8-7-13(11-14(15)18)16(19)17-10-9-12-5-3-2-4-6-12/h7-8,11-12,18H,2-6,9-10H2,1H3,(H,17,19). The van der Waals surface area contributed by atoms with Crippen LogP contribution >= 0.6 is 0 Å². The minimum absolute atomic E-state index is 0.00701. The highest BCUT2D eigenvalue weighted by molar-refractivity contribution is 5.94. The Morgan fingerprint density at radius 3 is 2.75 bits per heavy atom. The molecule has 0 bridgehead atoms. The van der Waals surface area contributed by atoms with Gasteiger partial charge in [-0.25, -0.2) is 0 Å². The molecule has 0 saturated heterocycles. The van der Waals surface area contributed by atoms with Crippen LogP contribution in [0.1, 0.15) is 48.9 Å². The Labute approximate surface area is 120 Å². The van der Waals surface area contributed by atoms with Crippen molar-refractivity contribution in [1.82, 2.24) is 5.32 Å². The molecule has 0 atom stereocenters. The fourth-order valence-corrected chi connectivity index (χ4v) is 2.80. The normalized spacial score (nSPS) is 15.8. The van der Waals surface area contributed by atoms with E-state index in [4.69, 9.17) is 4.74 Å². The zero-order valence-electron chi connectivity index (χ0n) is 12.0. The van der Waals surface area contributed by atoms with E-state index in [9.17, 15) is 9.90 Å². The first-order valence-corrected chi connectivity index (χ1v) is 7.36. The molecule has 2 N–H and O–H groups in total. The molecule has 1 fully saturated rings. The van der Waals surface area contributed by atoms with Gasteiger partial charge in [-0.1, -0.05) is 32.1 Å². The average Bonchev–Trinajstić information content (AvgIpc) is 2.48. The van der Waals surface area contributed by atoms with Crippen molar-refractivity contribution in [3.8, 4) is 11.5 Å². The summed E-state index contributed by atoms with van der Waals surface area (Å²) in [6.45, 7) is 0.705. The third-order valence-electron chi connectivity index (χ3n) is 4.00. The Hall–Kier alpha value is -1.71. The van der Waals surface area contributed by atoms with Crippen LogP contribution in [0.25, 0.3) is 0 Å². The van der Waals surface area contributed by atoms with Crippen LogP contribution in [0.3, 0.4) is 0 Å². The van der Waals surface area contributed by atoms with Gasteiger partial charge < -0.3 is 15.2 Å². The molecular formula is C16H23NO3. The molecule has 4 nitrogen and oxygen atoms in total. The number of nitrogens with one attached hydrogen (secondary N) is 1. The van der Waals surface area contributed by atoms with Crippen molar-refractivity contribution < 1.29 is 14.6 Å². The van der Waals surface area contributed by atoms with Gasteiger partial charge in [-0.3, -0.25) is 4.79 Å². The number of hydrogen-bond acceptors (Lipinski definition) is 3. The van der Waals surface area contributed by atoms with Crippen molar-refractivity contribution >= 4 is 5.91 Å². The van der Waals surface area contributed by atoms with E-state index in [0.717, 1.165) is 12.3 Å². The van der Waals surface area contributed by atoms with Gasteiger partial charge >= 0.3 is 0 Å². The van der Waals surface area contributed by atoms with Crippen LogP contribution in [0.15, 0.2) is 18.2 Å². The molecule has 20 heavy (non-hydrogen) atoms. The third-order valence-corrected chi connectivity index (χ3v) is 4.00. The number of hydrogen-bond donors (Lipinski definition) is 2. The monoisotopic (exact) mass is 277 g/mol. The number of rotatable bonds is 5. The molecule has 4 heteroatoms. The summed E-state index contributed by atoms with van der Waals surface area (Å²) in [5.41, 5.74) is 0.465. The van der Waals surface area contributed by atoms with E-state index in [1.807, 2.05) is 0 Å². The van der Waals surface area contributed by atoms with Crippen LogP contribution in [-0.2, 0) is 0 Å². The summed E-state index contributed by atoms with van der Waals surface area (Å²) in [7, 11) is 1.49. The highest BCUT2D eigenvalue weighted by Gasteiger charge is 2.14. The molecule has 0 heterocycles. The van der Waals surface area contributed by atoms with Crippen LogP contribution in [0.4, 0.5) is 0 Å². The van der Waals surface area contributed by atoms with Crippen molar-refractivity contribution in [2.75, 3.05) is 13.7 Å². The van der Waals surface area contributed by atoms with Gasteiger partial charge in [-0.05, 0) is 30.5 Å². The van der Waals surface area contributed by atoms with E-state index >= 15 is 0 Å². The Bertz CT molecular complexity index is 453. The highest BCUT2D eigenvalue weighted by atomic mass is 16.5.